The molecule has 0 unspecified atom stereocenters. The van der Waals surface area contributed by atoms with Crippen molar-refractivity contribution >= 4 is 52.4 Å². The van der Waals surface area contributed by atoms with Gasteiger partial charge in [0.25, 0.3) is 5.24 Å². The molecule has 5 rings (SSSR count). The highest BCUT2D eigenvalue weighted by Crippen LogP contribution is 2.39. The molecule has 8 nitrogen and oxygen atoms in total. The molecule has 0 aliphatic carbocycles. The zero-order valence-corrected chi connectivity index (χ0v) is 22.1. The number of aryl methyl sites for hydroxylation is 2. The second-order valence-electron chi connectivity index (χ2n) is 8.76. The Morgan fingerprint density at radius 1 is 1.06 bits per heavy atom. The van der Waals surface area contributed by atoms with Crippen LogP contribution < -0.4 is 0 Å². The van der Waals surface area contributed by atoms with Crippen LogP contribution in [0, 0.1) is 20.8 Å². The molecule has 2 amide bonds. The number of hydrogen-bond donors (Lipinski definition) is 1. The van der Waals surface area contributed by atoms with Gasteiger partial charge in [0, 0.05) is 47.2 Å². The normalized spacial score (nSPS) is 17.5. The van der Waals surface area contributed by atoms with E-state index in [0.29, 0.717) is 37.0 Å². The number of aliphatic imine (C=N–C) groups is 1. The Labute approximate surface area is 218 Å². The van der Waals surface area contributed by atoms with Crippen LogP contribution in [0.4, 0.5) is 4.79 Å². The first kappa shape index (κ1) is 24.0. The summed E-state index contributed by atoms with van der Waals surface area (Å²) >= 11 is 11.7. The predicted octanol–water partition coefficient (Wildman–Crippen LogP) is 4.38. The molecule has 0 bridgehead atoms. The maximum absolute atomic E-state index is 13.4. The summed E-state index contributed by atoms with van der Waals surface area (Å²) in [6, 6.07) is 7.13. The number of rotatable bonds is 3. The summed E-state index contributed by atoms with van der Waals surface area (Å²) in [6.07, 6.45) is 0.164. The Kier molecular flexibility index (Phi) is 6.45. The number of thiol groups is 1. The van der Waals surface area contributed by atoms with Crippen LogP contribution >= 0.6 is 35.6 Å². The first-order chi connectivity index (χ1) is 16.7. The highest BCUT2D eigenvalue weighted by Gasteiger charge is 2.34. The fourth-order valence-corrected chi connectivity index (χ4v) is 6.11. The maximum Gasteiger partial charge on any atom is 0.278 e. The van der Waals surface area contributed by atoms with Gasteiger partial charge in [0.05, 0.1) is 12.1 Å². The molecule has 0 N–H and O–H groups in total. The van der Waals surface area contributed by atoms with Crippen LogP contribution in [0.5, 0.6) is 0 Å². The zero-order chi connectivity index (χ0) is 24.9. The van der Waals surface area contributed by atoms with Crippen LogP contribution in [0.3, 0.4) is 0 Å². The molecule has 1 atom stereocenters. The van der Waals surface area contributed by atoms with Crippen molar-refractivity contribution in [2.24, 2.45) is 4.99 Å². The number of piperazine rings is 1. The lowest BCUT2D eigenvalue weighted by Crippen LogP contribution is -2.49. The van der Waals surface area contributed by atoms with Crippen LogP contribution in [0.2, 0.25) is 5.02 Å². The Bertz CT molecular complexity index is 1340. The zero-order valence-electron chi connectivity index (χ0n) is 19.7. The monoisotopic (exact) mass is 528 g/mol. The van der Waals surface area contributed by atoms with Gasteiger partial charge in [-0.2, -0.15) is 0 Å². The van der Waals surface area contributed by atoms with Gasteiger partial charge in [-0.3, -0.25) is 19.1 Å². The molecule has 11 heteroatoms. The van der Waals surface area contributed by atoms with Crippen molar-refractivity contribution in [1.29, 1.82) is 0 Å². The summed E-state index contributed by atoms with van der Waals surface area (Å²) in [6.45, 7) is 8.02. The third kappa shape index (κ3) is 4.39. The molecule has 182 valence electrons. The molecule has 2 aliphatic rings. The van der Waals surface area contributed by atoms with Gasteiger partial charge in [-0.1, -0.05) is 36.4 Å². The fraction of sp³-hybridized carbons (Fsp3) is 0.375. The first-order valence-electron chi connectivity index (χ1n) is 11.4. The number of carbonyl (C=O) groups excluding carboxylic acids is 2. The minimum Gasteiger partial charge on any atom is -0.339 e. The summed E-state index contributed by atoms with van der Waals surface area (Å²) in [5.41, 5.74) is 3.95. The van der Waals surface area contributed by atoms with E-state index >= 15 is 0 Å². The van der Waals surface area contributed by atoms with Crippen molar-refractivity contribution in [3.05, 3.63) is 62.5 Å². The molecule has 0 spiro atoms. The fourth-order valence-electron chi connectivity index (χ4n) is 4.57. The predicted molar refractivity (Wildman–Crippen MR) is 140 cm³/mol. The number of thiophene rings is 1. The van der Waals surface area contributed by atoms with E-state index in [1.54, 1.807) is 21.1 Å². The number of amides is 2. The number of benzene rings is 1. The van der Waals surface area contributed by atoms with Crippen molar-refractivity contribution in [2.45, 2.75) is 33.2 Å². The highest BCUT2D eigenvalue weighted by atomic mass is 35.5. The Hall–Kier alpha value is -2.69. The molecule has 35 heavy (non-hydrogen) atoms. The summed E-state index contributed by atoms with van der Waals surface area (Å²) in [7, 11) is 0. The van der Waals surface area contributed by atoms with E-state index in [4.69, 9.17) is 16.6 Å². The van der Waals surface area contributed by atoms with E-state index in [1.807, 2.05) is 35.8 Å². The molecule has 2 aliphatic heterocycles. The average molecular weight is 529 g/mol. The molecule has 2 aromatic heterocycles. The largest absolute Gasteiger partial charge is 0.339 e. The lowest BCUT2D eigenvalue weighted by Gasteiger charge is -2.34. The molecule has 1 saturated heterocycles. The lowest BCUT2D eigenvalue weighted by atomic mass is 9.99. The van der Waals surface area contributed by atoms with Gasteiger partial charge < -0.3 is 9.80 Å². The van der Waals surface area contributed by atoms with Crippen LogP contribution in [-0.4, -0.2) is 67.6 Å². The number of aromatic nitrogens is 3. The Morgan fingerprint density at radius 2 is 1.71 bits per heavy atom. The van der Waals surface area contributed by atoms with Crippen molar-refractivity contribution in [3.63, 3.8) is 0 Å². The van der Waals surface area contributed by atoms with E-state index in [0.717, 1.165) is 33.2 Å². The number of carbonyl (C=O) groups is 2. The number of nitrogens with zero attached hydrogens (tertiary/aromatic N) is 6. The summed E-state index contributed by atoms with van der Waals surface area (Å²) in [5, 5.41) is 10.2. The van der Waals surface area contributed by atoms with E-state index < -0.39 is 6.04 Å². The summed E-state index contributed by atoms with van der Waals surface area (Å²) < 4.78 is 2.04. The minimum atomic E-state index is -0.502. The summed E-state index contributed by atoms with van der Waals surface area (Å²) in [5.74, 6) is 1.39. The van der Waals surface area contributed by atoms with Crippen LogP contribution in [0.15, 0.2) is 29.3 Å². The topological polar surface area (TPSA) is 83.7 Å². The molecule has 1 aromatic carbocycles. The molecule has 1 fully saturated rings. The highest BCUT2D eigenvalue weighted by molar-refractivity contribution is 7.96. The van der Waals surface area contributed by atoms with Crippen molar-refractivity contribution in [3.8, 4) is 5.00 Å². The Morgan fingerprint density at radius 3 is 2.37 bits per heavy atom. The van der Waals surface area contributed by atoms with Crippen molar-refractivity contribution in [1.82, 2.24) is 24.6 Å². The number of fused-ring (bicyclic) bond motifs is 3. The number of halogens is 1. The van der Waals surface area contributed by atoms with Crippen molar-refractivity contribution in [2.75, 3.05) is 26.2 Å². The van der Waals surface area contributed by atoms with Crippen LogP contribution in [-0.2, 0) is 4.79 Å². The quantitative estimate of drug-likeness (QED) is 0.511. The first-order valence-corrected chi connectivity index (χ1v) is 13.0. The van der Waals surface area contributed by atoms with E-state index in [1.165, 1.54) is 4.88 Å². The maximum atomic E-state index is 13.4. The van der Waals surface area contributed by atoms with Gasteiger partial charge in [-0.15, -0.1) is 21.5 Å². The van der Waals surface area contributed by atoms with Crippen LogP contribution in [0.1, 0.15) is 45.7 Å². The molecular weight excluding hydrogens is 504 g/mol. The van der Waals surface area contributed by atoms with E-state index in [9.17, 15) is 9.59 Å². The van der Waals surface area contributed by atoms with Gasteiger partial charge >= 0.3 is 0 Å². The second kappa shape index (κ2) is 9.40. The van der Waals surface area contributed by atoms with Gasteiger partial charge in [-0.25, -0.2) is 0 Å². The average Bonchev–Trinajstić information content (AvgIpc) is 3.31. The SMILES string of the molecule is Cc1sc2c(c1C)C(c1ccc(Cl)cc1)=N[C@@H](CC(=O)N1CCN(C(=O)S)CC1)c1nnc(C)n1-2. The third-order valence-corrected chi connectivity index (χ3v) is 8.36. The van der Waals surface area contributed by atoms with Crippen molar-refractivity contribution < 1.29 is 9.59 Å². The second-order valence-corrected chi connectivity index (χ2v) is 10.8. The third-order valence-electron chi connectivity index (χ3n) is 6.63. The minimum absolute atomic E-state index is 0.0224. The molecule has 0 radical (unpaired) electrons. The van der Waals surface area contributed by atoms with E-state index in [-0.39, 0.29) is 17.6 Å². The van der Waals surface area contributed by atoms with Gasteiger partial charge in [-0.05, 0) is 38.5 Å². The van der Waals surface area contributed by atoms with Crippen LogP contribution in [0.25, 0.3) is 5.00 Å². The van der Waals surface area contributed by atoms with Gasteiger partial charge in [0.15, 0.2) is 5.82 Å². The number of hydrogen-bond acceptors (Lipinski definition) is 6. The Balaban J connectivity index is 1.56. The molecule has 3 aromatic rings. The molecule has 4 heterocycles. The smallest absolute Gasteiger partial charge is 0.278 e. The lowest BCUT2D eigenvalue weighted by molar-refractivity contribution is -0.133. The molecular formula is C24H25ClN6O2S2. The van der Waals surface area contributed by atoms with Gasteiger partial charge in [0.2, 0.25) is 5.91 Å². The molecule has 0 saturated carbocycles. The standard InChI is InChI=1S/C24H25ClN6O2S2/c1-13-14(2)35-23-20(13)21(16-4-6-17(25)7-5-16)26-18(22-28-27-15(3)31(22)23)12-19(32)29-8-10-30(11-9-29)24(33)34/h4-7,18H,8-12H2,1-3H3,(H,33,34)/t18-/m0/s1. The van der Waals surface area contributed by atoms with Gasteiger partial charge in [0.1, 0.15) is 16.9 Å². The summed E-state index contributed by atoms with van der Waals surface area (Å²) in [4.78, 5) is 34.7. The van der Waals surface area contributed by atoms with E-state index in [2.05, 4.69) is 36.7 Å².